The molecule has 2 N–H and O–H groups in total. The Morgan fingerprint density at radius 2 is 1.89 bits per heavy atom. The molecule has 0 aliphatic heterocycles. The van der Waals surface area contributed by atoms with Crippen LogP contribution < -0.4 is 15.6 Å². The zero-order chi connectivity index (χ0) is 19.2. The lowest BCUT2D eigenvalue weighted by Crippen LogP contribution is -2.47. The summed E-state index contributed by atoms with van der Waals surface area (Å²) in [6, 6.07) is 13.1. The summed E-state index contributed by atoms with van der Waals surface area (Å²) in [7, 11) is 0. The van der Waals surface area contributed by atoms with Crippen molar-refractivity contribution >= 4 is 33.4 Å². The summed E-state index contributed by atoms with van der Waals surface area (Å²) in [5.41, 5.74) is 5.60. The highest BCUT2D eigenvalue weighted by Crippen LogP contribution is 2.22. The van der Waals surface area contributed by atoms with Gasteiger partial charge in [0.05, 0.1) is 15.2 Å². The highest BCUT2D eigenvalue weighted by molar-refractivity contribution is 7.18. The maximum Gasteiger partial charge on any atom is 0.279 e. The zero-order valence-electron chi connectivity index (χ0n) is 14.6. The topological polar surface area (TPSA) is 80.3 Å². The molecule has 0 fully saturated rings. The number of aryl methyl sites for hydroxylation is 1. The first-order valence-electron chi connectivity index (χ1n) is 8.36. The summed E-state index contributed by atoms with van der Waals surface area (Å²) in [6.07, 6.45) is -0.157. The summed E-state index contributed by atoms with van der Waals surface area (Å²) in [6.45, 7) is 1.53. The monoisotopic (exact) mass is 387 g/mol. The van der Waals surface area contributed by atoms with E-state index in [1.165, 1.54) is 31.2 Å². The Hall–Kier alpha value is -3.00. The fourth-order valence-electron chi connectivity index (χ4n) is 2.31. The summed E-state index contributed by atoms with van der Waals surface area (Å²) in [4.78, 5) is 28.4. The van der Waals surface area contributed by atoms with Crippen molar-refractivity contribution in [1.82, 2.24) is 15.8 Å². The van der Waals surface area contributed by atoms with Gasteiger partial charge in [-0.15, -0.1) is 11.3 Å². The predicted molar refractivity (Wildman–Crippen MR) is 101 cm³/mol. The third-order valence-electron chi connectivity index (χ3n) is 3.72. The number of rotatable bonds is 6. The number of aromatic nitrogens is 1. The summed E-state index contributed by atoms with van der Waals surface area (Å²) in [5.74, 6) is -0.856. The van der Waals surface area contributed by atoms with E-state index in [4.69, 9.17) is 4.74 Å². The molecule has 0 radical (unpaired) electrons. The molecular weight excluding hydrogens is 369 g/mol. The molecule has 0 saturated carbocycles. The summed E-state index contributed by atoms with van der Waals surface area (Å²) < 4.78 is 19.3. The van der Waals surface area contributed by atoms with E-state index >= 15 is 0 Å². The van der Waals surface area contributed by atoms with Crippen LogP contribution in [0.4, 0.5) is 4.39 Å². The Labute approximate surface area is 159 Å². The second-order valence-electron chi connectivity index (χ2n) is 5.83. The molecule has 0 saturated heterocycles. The molecule has 6 nitrogen and oxygen atoms in total. The number of ether oxygens (including phenoxy) is 1. The van der Waals surface area contributed by atoms with E-state index in [-0.39, 0.29) is 18.1 Å². The van der Waals surface area contributed by atoms with E-state index in [1.54, 1.807) is 11.3 Å². The maximum atomic E-state index is 12.9. The van der Waals surface area contributed by atoms with Gasteiger partial charge in [0.1, 0.15) is 11.6 Å². The quantitative estimate of drug-likeness (QED) is 0.637. The van der Waals surface area contributed by atoms with Gasteiger partial charge < -0.3 is 4.74 Å². The van der Waals surface area contributed by atoms with E-state index in [0.717, 1.165) is 15.2 Å². The van der Waals surface area contributed by atoms with Crippen LogP contribution in [0.5, 0.6) is 5.75 Å². The number of amides is 2. The molecule has 1 atom stereocenters. The molecule has 0 aliphatic carbocycles. The molecule has 0 spiro atoms. The number of nitrogens with one attached hydrogen (secondary N) is 2. The number of nitrogens with zero attached hydrogens (tertiary/aromatic N) is 1. The van der Waals surface area contributed by atoms with Crippen molar-refractivity contribution in [1.29, 1.82) is 0 Å². The Kier molecular flexibility index (Phi) is 5.97. The molecule has 3 rings (SSSR count). The SMILES string of the molecule is C[C@@H](Oc1ccc(F)cc1)C(=O)NNC(=O)CCc1nc2ccccc2s1. The van der Waals surface area contributed by atoms with Crippen LogP contribution in [0.3, 0.4) is 0 Å². The Bertz CT molecular complexity index is 910. The second kappa shape index (κ2) is 8.59. The number of fused-ring (bicyclic) bond motifs is 1. The first-order valence-corrected chi connectivity index (χ1v) is 9.18. The van der Waals surface area contributed by atoms with Crippen LogP contribution in [0.25, 0.3) is 10.2 Å². The second-order valence-corrected chi connectivity index (χ2v) is 6.94. The zero-order valence-corrected chi connectivity index (χ0v) is 15.4. The number of benzene rings is 2. The van der Waals surface area contributed by atoms with Crippen LogP contribution >= 0.6 is 11.3 Å². The highest BCUT2D eigenvalue weighted by Gasteiger charge is 2.15. The number of halogens is 1. The van der Waals surface area contributed by atoms with Gasteiger partial charge in [-0.05, 0) is 43.3 Å². The molecule has 27 heavy (non-hydrogen) atoms. The third kappa shape index (κ3) is 5.24. The minimum Gasteiger partial charge on any atom is -0.481 e. The van der Waals surface area contributed by atoms with Gasteiger partial charge in [-0.3, -0.25) is 20.4 Å². The predicted octanol–water partition coefficient (Wildman–Crippen LogP) is 2.98. The van der Waals surface area contributed by atoms with Crippen LogP contribution in [0, 0.1) is 5.82 Å². The van der Waals surface area contributed by atoms with E-state index < -0.39 is 12.0 Å². The number of hydrazine groups is 1. The van der Waals surface area contributed by atoms with Crippen LogP contribution in [0.1, 0.15) is 18.4 Å². The van der Waals surface area contributed by atoms with Crippen LogP contribution in [0.15, 0.2) is 48.5 Å². The lowest BCUT2D eigenvalue weighted by molar-refractivity contribution is -0.132. The first-order chi connectivity index (χ1) is 13.0. The molecule has 0 aliphatic rings. The van der Waals surface area contributed by atoms with Crippen molar-refractivity contribution in [3.05, 3.63) is 59.4 Å². The largest absolute Gasteiger partial charge is 0.481 e. The van der Waals surface area contributed by atoms with Crippen molar-refractivity contribution in [2.45, 2.75) is 25.9 Å². The molecule has 0 bridgehead atoms. The lowest BCUT2D eigenvalue weighted by Gasteiger charge is -2.15. The number of carbonyl (C=O) groups is 2. The number of para-hydroxylation sites is 1. The van der Waals surface area contributed by atoms with Gasteiger partial charge in [0.25, 0.3) is 5.91 Å². The normalized spacial score (nSPS) is 11.8. The molecular formula is C19H18FN3O3S. The fourth-order valence-corrected chi connectivity index (χ4v) is 3.28. The Morgan fingerprint density at radius 3 is 2.63 bits per heavy atom. The van der Waals surface area contributed by atoms with Crippen molar-refractivity contribution in [3.8, 4) is 5.75 Å². The minimum absolute atomic E-state index is 0.202. The first kappa shape index (κ1) is 18.8. The minimum atomic E-state index is -0.847. The van der Waals surface area contributed by atoms with E-state index in [9.17, 15) is 14.0 Å². The van der Waals surface area contributed by atoms with Gasteiger partial charge >= 0.3 is 0 Å². The van der Waals surface area contributed by atoms with Crippen molar-refractivity contribution in [2.75, 3.05) is 0 Å². The van der Waals surface area contributed by atoms with Gasteiger partial charge in [0.2, 0.25) is 5.91 Å². The average molecular weight is 387 g/mol. The molecule has 0 unspecified atom stereocenters. The molecule has 2 amide bonds. The summed E-state index contributed by atoms with van der Waals surface area (Å²) in [5, 5.41) is 0.866. The van der Waals surface area contributed by atoms with Crippen LogP contribution in [0.2, 0.25) is 0 Å². The van der Waals surface area contributed by atoms with Crippen molar-refractivity contribution in [3.63, 3.8) is 0 Å². The smallest absolute Gasteiger partial charge is 0.279 e. The lowest BCUT2D eigenvalue weighted by atomic mass is 10.3. The number of hydrogen-bond acceptors (Lipinski definition) is 5. The van der Waals surface area contributed by atoms with Crippen molar-refractivity contribution < 1.29 is 18.7 Å². The Morgan fingerprint density at radius 1 is 1.15 bits per heavy atom. The van der Waals surface area contributed by atoms with E-state index in [1.807, 2.05) is 24.3 Å². The number of hydrogen-bond donors (Lipinski definition) is 2. The van der Waals surface area contributed by atoms with Crippen LogP contribution in [-0.2, 0) is 16.0 Å². The molecule has 8 heteroatoms. The molecule has 1 heterocycles. The molecule has 1 aromatic heterocycles. The number of thiazole rings is 1. The van der Waals surface area contributed by atoms with Gasteiger partial charge in [-0.25, -0.2) is 9.37 Å². The molecule has 140 valence electrons. The molecule has 3 aromatic rings. The molecule has 2 aromatic carbocycles. The van der Waals surface area contributed by atoms with Gasteiger partial charge in [-0.1, -0.05) is 12.1 Å². The summed E-state index contributed by atoms with van der Waals surface area (Å²) >= 11 is 1.55. The van der Waals surface area contributed by atoms with Gasteiger partial charge in [0.15, 0.2) is 6.10 Å². The number of carbonyl (C=O) groups excluding carboxylic acids is 2. The standard InChI is InChI=1S/C19H18FN3O3S/c1-12(26-14-8-6-13(20)7-9-14)19(25)23-22-17(24)10-11-18-21-15-4-2-3-5-16(15)27-18/h2-9,12H,10-11H2,1H3,(H,22,24)(H,23,25)/t12-/m1/s1. The Balaban J connectivity index is 1.42. The van der Waals surface area contributed by atoms with E-state index in [0.29, 0.717) is 12.2 Å². The van der Waals surface area contributed by atoms with E-state index in [2.05, 4.69) is 15.8 Å². The fraction of sp³-hybridized carbons (Fsp3) is 0.211. The average Bonchev–Trinajstić information content (AvgIpc) is 3.09. The van der Waals surface area contributed by atoms with Gasteiger partial charge in [0, 0.05) is 12.8 Å². The van der Waals surface area contributed by atoms with Gasteiger partial charge in [-0.2, -0.15) is 0 Å². The van der Waals surface area contributed by atoms with Crippen LogP contribution in [-0.4, -0.2) is 22.9 Å². The maximum absolute atomic E-state index is 12.9. The van der Waals surface area contributed by atoms with Crippen molar-refractivity contribution in [2.24, 2.45) is 0 Å². The highest BCUT2D eigenvalue weighted by atomic mass is 32.1. The third-order valence-corrected chi connectivity index (χ3v) is 4.82.